The van der Waals surface area contributed by atoms with E-state index < -0.39 is 0 Å². The van der Waals surface area contributed by atoms with Crippen LogP contribution in [0.3, 0.4) is 0 Å². The van der Waals surface area contributed by atoms with Crippen LogP contribution in [0.4, 0.5) is 11.6 Å². The average Bonchev–Trinajstić information content (AvgIpc) is 3.04. The third-order valence-corrected chi connectivity index (χ3v) is 5.36. The summed E-state index contributed by atoms with van der Waals surface area (Å²) in [5, 5.41) is 5.50. The smallest absolute Gasteiger partial charge is 0.227 e. The van der Waals surface area contributed by atoms with Gasteiger partial charge in [-0.15, -0.1) is 5.10 Å². The van der Waals surface area contributed by atoms with E-state index in [-0.39, 0.29) is 5.91 Å². The van der Waals surface area contributed by atoms with Crippen molar-refractivity contribution in [1.29, 1.82) is 0 Å². The van der Waals surface area contributed by atoms with Crippen LogP contribution >= 0.6 is 23.2 Å². The molecule has 0 bridgehead atoms. The molecule has 9 heteroatoms. The summed E-state index contributed by atoms with van der Waals surface area (Å²) in [6.45, 7) is 2.73. The Kier molecular flexibility index (Phi) is 4.80. The molecule has 27 heavy (non-hydrogen) atoms. The molecule has 1 aliphatic rings. The lowest BCUT2D eigenvalue weighted by atomic mass is 10.1. The fourth-order valence-electron chi connectivity index (χ4n) is 3.18. The number of hydrogen-bond acceptors (Lipinski definition) is 5. The SMILES string of the molecule is Nc1cn2nc(N3CCN(C(=O)Cc4ccc(Cl)c(Cl)c4)CC3)ccc2n1. The molecule has 0 spiro atoms. The van der Waals surface area contributed by atoms with Crippen LogP contribution in [0.15, 0.2) is 36.5 Å². The topological polar surface area (TPSA) is 79.8 Å². The fourth-order valence-corrected chi connectivity index (χ4v) is 3.50. The van der Waals surface area contributed by atoms with Crippen molar-refractivity contribution < 1.29 is 4.79 Å². The van der Waals surface area contributed by atoms with Gasteiger partial charge in [0.2, 0.25) is 5.91 Å². The highest BCUT2D eigenvalue weighted by molar-refractivity contribution is 6.42. The van der Waals surface area contributed by atoms with E-state index in [9.17, 15) is 4.79 Å². The highest BCUT2D eigenvalue weighted by atomic mass is 35.5. The van der Waals surface area contributed by atoms with Crippen molar-refractivity contribution in [3.05, 3.63) is 52.1 Å². The molecule has 3 heterocycles. The molecule has 1 fully saturated rings. The van der Waals surface area contributed by atoms with E-state index in [2.05, 4.69) is 15.0 Å². The number of piperazine rings is 1. The summed E-state index contributed by atoms with van der Waals surface area (Å²) < 4.78 is 1.67. The number of imidazole rings is 1. The molecular weight excluding hydrogens is 387 g/mol. The summed E-state index contributed by atoms with van der Waals surface area (Å²) in [5.74, 6) is 1.37. The molecule has 0 atom stereocenters. The summed E-state index contributed by atoms with van der Waals surface area (Å²) >= 11 is 12.0. The summed E-state index contributed by atoms with van der Waals surface area (Å²) in [7, 11) is 0. The fraction of sp³-hybridized carbons (Fsp3) is 0.278. The standard InChI is InChI=1S/C18H18Cl2N6O/c19-13-2-1-12(9-14(13)20)10-18(27)25-7-5-24(6-8-25)17-4-3-16-22-15(21)11-26(16)23-17/h1-4,9,11H,5-8,10,21H2. The maximum Gasteiger partial charge on any atom is 0.227 e. The molecule has 0 saturated carbocycles. The van der Waals surface area contributed by atoms with E-state index in [4.69, 9.17) is 28.9 Å². The first-order chi connectivity index (χ1) is 13.0. The highest BCUT2D eigenvalue weighted by Crippen LogP contribution is 2.23. The van der Waals surface area contributed by atoms with Crippen LogP contribution in [0.2, 0.25) is 10.0 Å². The molecule has 1 saturated heterocycles. The quantitative estimate of drug-likeness (QED) is 0.725. The second-order valence-corrected chi connectivity index (χ2v) is 7.27. The number of nitrogen functional groups attached to an aromatic ring is 1. The Hall–Kier alpha value is -2.51. The van der Waals surface area contributed by atoms with Crippen LogP contribution in [0.5, 0.6) is 0 Å². The molecule has 0 aliphatic carbocycles. The van der Waals surface area contributed by atoms with Gasteiger partial charge in [-0.05, 0) is 29.8 Å². The Morgan fingerprint density at radius 2 is 1.85 bits per heavy atom. The van der Waals surface area contributed by atoms with E-state index in [1.807, 2.05) is 23.1 Å². The van der Waals surface area contributed by atoms with Gasteiger partial charge < -0.3 is 15.5 Å². The molecule has 0 unspecified atom stereocenters. The van der Waals surface area contributed by atoms with E-state index in [1.165, 1.54) is 0 Å². The zero-order chi connectivity index (χ0) is 19.0. The molecule has 2 aromatic heterocycles. The van der Waals surface area contributed by atoms with Gasteiger partial charge in [-0.1, -0.05) is 29.3 Å². The number of carbonyl (C=O) groups excluding carboxylic acids is 1. The zero-order valence-corrected chi connectivity index (χ0v) is 16.0. The molecule has 3 aromatic rings. The molecule has 2 N–H and O–H groups in total. The first kappa shape index (κ1) is 17.9. The van der Waals surface area contributed by atoms with Gasteiger partial charge in [-0.2, -0.15) is 0 Å². The second-order valence-electron chi connectivity index (χ2n) is 6.45. The van der Waals surface area contributed by atoms with Crippen LogP contribution in [0.1, 0.15) is 5.56 Å². The lowest BCUT2D eigenvalue weighted by Crippen LogP contribution is -2.49. The number of amides is 1. The molecular formula is C18H18Cl2N6O. The van der Waals surface area contributed by atoms with Gasteiger partial charge in [0.15, 0.2) is 5.65 Å². The maximum atomic E-state index is 12.6. The number of nitrogens with two attached hydrogens (primary N) is 1. The van der Waals surface area contributed by atoms with E-state index >= 15 is 0 Å². The first-order valence-electron chi connectivity index (χ1n) is 8.58. The largest absolute Gasteiger partial charge is 0.382 e. The summed E-state index contributed by atoms with van der Waals surface area (Å²) in [6, 6.07) is 9.11. The van der Waals surface area contributed by atoms with E-state index in [1.54, 1.807) is 22.8 Å². The summed E-state index contributed by atoms with van der Waals surface area (Å²) in [6.07, 6.45) is 2.01. The minimum absolute atomic E-state index is 0.0823. The zero-order valence-electron chi connectivity index (χ0n) is 14.5. The van der Waals surface area contributed by atoms with Crippen molar-refractivity contribution in [3.63, 3.8) is 0 Å². The Bertz CT molecular complexity index is 997. The predicted octanol–water partition coefficient (Wildman–Crippen LogP) is 2.51. The van der Waals surface area contributed by atoms with Crippen molar-refractivity contribution in [3.8, 4) is 0 Å². The first-order valence-corrected chi connectivity index (χ1v) is 9.34. The minimum atomic E-state index is 0.0823. The molecule has 7 nitrogen and oxygen atoms in total. The Labute approximate surface area is 166 Å². The predicted molar refractivity (Wildman–Crippen MR) is 106 cm³/mol. The van der Waals surface area contributed by atoms with Gasteiger partial charge in [0.1, 0.15) is 11.6 Å². The number of anilines is 2. The van der Waals surface area contributed by atoms with Crippen LogP contribution in [-0.2, 0) is 11.2 Å². The Balaban J connectivity index is 1.38. The van der Waals surface area contributed by atoms with Crippen LogP contribution in [-0.4, -0.2) is 51.6 Å². The lowest BCUT2D eigenvalue weighted by Gasteiger charge is -2.35. The number of rotatable bonds is 3. The molecule has 4 rings (SSSR count). The van der Waals surface area contributed by atoms with Crippen LogP contribution in [0.25, 0.3) is 5.65 Å². The third-order valence-electron chi connectivity index (χ3n) is 4.62. The van der Waals surface area contributed by atoms with Gasteiger partial charge >= 0.3 is 0 Å². The monoisotopic (exact) mass is 404 g/mol. The van der Waals surface area contributed by atoms with Crippen LogP contribution in [0, 0.1) is 0 Å². The normalized spacial score (nSPS) is 14.7. The second kappa shape index (κ2) is 7.25. The van der Waals surface area contributed by atoms with Crippen molar-refractivity contribution in [1.82, 2.24) is 19.5 Å². The number of carbonyl (C=O) groups is 1. The minimum Gasteiger partial charge on any atom is -0.382 e. The van der Waals surface area contributed by atoms with E-state index in [0.717, 1.165) is 24.5 Å². The van der Waals surface area contributed by atoms with Crippen LogP contribution < -0.4 is 10.6 Å². The number of hydrogen-bond donors (Lipinski definition) is 1. The van der Waals surface area contributed by atoms with Gasteiger partial charge in [-0.25, -0.2) is 9.50 Å². The third kappa shape index (κ3) is 3.79. The molecule has 1 aliphatic heterocycles. The van der Waals surface area contributed by atoms with Crippen molar-refractivity contribution >= 4 is 46.4 Å². The van der Waals surface area contributed by atoms with E-state index in [0.29, 0.717) is 41.0 Å². The molecule has 140 valence electrons. The number of benzene rings is 1. The molecule has 0 radical (unpaired) electrons. The summed E-state index contributed by atoms with van der Waals surface area (Å²) in [4.78, 5) is 20.8. The molecule has 1 amide bonds. The maximum absolute atomic E-state index is 12.6. The highest BCUT2D eigenvalue weighted by Gasteiger charge is 2.22. The van der Waals surface area contributed by atoms with Gasteiger partial charge in [0.05, 0.1) is 22.7 Å². The number of nitrogens with zero attached hydrogens (tertiary/aromatic N) is 5. The average molecular weight is 405 g/mol. The van der Waals surface area contributed by atoms with Gasteiger partial charge in [0.25, 0.3) is 0 Å². The number of aromatic nitrogens is 3. The molecule has 1 aromatic carbocycles. The van der Waals surface area contributed by atoms with Crippen molar-refractivity contribution in [2.75, 3.05) is 36.8 Å². The Morgan fingerprint density at radius 1 is 1.07 bits per heavy atom. The van der Waals surface area contributed by atoms with Gasteiger partial charge in [0, 0.05) is 26.2 Å². The summed E-state index contributed by atoms with van der Waals surface area (Å²) in [5.41, 5.74) is 7.28. The number of halogens is 2. The van der Waals surface area contributed by atoms with Gasteiger partial charge in [-0.3, -0.25) is 4.79 Å². The van der Waals surface area contributed by atoms with Crippen molar-refractivity contribution in [2.45, 2.75) is 6.42 Å². The lowest BCUT2D eigenvalue weighted by molar-refractivity contribution is -0.130. The number of fused-ring (bicyclic) bond motifs is 1. The Morgan fingerprint density at radius 3 is 2.59 bits per heavy atom. The van der Waals surface area contributed by atoms with Crippen molar-refractivity contribution in [2.24, 2.45) is 0 Å².